The van der Waals surface area contributed by atoms with E-state index in [0.29, 0.717) is 38.9 Å². The summed E-state index contributed by atoms with van der Waals surface area (Å²) in [4.78, 5) is 10.6. The first kappa shape index (κ1) is 14.6. The van der Waals surface area contributed by atoms with Crippen molar-refractivity contribution in [1.29, 1.82) is 0 Å². The third-order valence-corrected chi connectivity index (χ3v) is 1.77. The quantitative estimate of drug-likeness (QED) is 0.555. The molecule has 0 rings (SSSR count). The molecule has 0 heterocycles. The van der Waals surface area contributed by atoms with Crippen LogP contribution in [0.5, 0.6) is 0 Å². The minimum Gasteiger partial charge on any atom is -0.379 e. The molecular formula is C11H23NO3. The number of ketones is 1. The minimum atomic E-state index is 0.164. The highest BCUT2D eigenvalue weighted by Crippen LogP contribution is 1.85. The fraction of sp³-hybridized carbons (Fsp3) is 0.909. The molecule has 0 spiro atoms. The lowest BCUT2D eigenvalue weighted by Gasteiger charge is -2.08. The molecule has 4 heteroatoms. The van der Waals surface area contributed by atoms with Gasteiger partial charge in [-0.3, -0.25) is 4.79 Å². The Labute approximate surface area is 92.3 Å². The van der Waals surface area contributed by atoms with Crippen molar-refractivity contribution in [3.05, 3.63) is 0 Å². The van der Waals surface area contributed by atoms with Gasteiger partial charge >= 0.3 is 0 Å². The molecule has 0 aromatic carbocycles. The van der Waals surface area contributed by atoms with E-state index in [0.717, 1.165) is 6.54 Å². The van der Waals surface area contributed by atoms with Crippen LogP contribution < -0.4 is 5.32 Å². The summed E-state index contributed by atoms with van der Waals surface area (Å²) < 4.78 is 10.5. The number of rotatable bonds is 10. The molecule has 0 aromatic rings. The molecule has 15 heavy (non-hydrogen) atoms. The molecular weight excluding hydrogens is 194 g/mol. The van der Waals surface area contributed by atoms with Gasteiger partial charge in [-0.25, -0.2) is 0 Å². The largest absolute Gasteiger partial charge is 0.379 e. The van der Waals surface area contributed by atoms with E-state index in [9.17, 15) is 4.79 Å². The van der Waals surface area contributed by atoms with Crippen molar-refractivity contribution in [2.45, 2.75) is 33.2 Å². The molecule has 0 radical (unpaired) electrons. The molecule has 0 aliphatic rings. The van der Waals surface area contributed by atoms with Gasteiger partial charge in [0.1, 0.15) is 5.78 Å². The van der Waals surface area contributed by atoms with Gasteiger partial charge < -0.3 is 14.8 Å². The van der Waals surface area contributed by atoms with Gasteiger partial charge in [0, 0.05) is 19.0 Å². The number of nitrogens with one attached hydrogen (secondary N) is 1. The molecule has 0 amide bonds. The topological polar surface area (TPSA) is 47.6 Å². The SMILES string of the molecule is CC(=O)CCOCCOCCNC(C)C. The lowest BCUT2D eigenvalue weighted by Crippen LogP contribution is -2.27. The summed E-state index contributed by atoms with van der Waals surface area (Å²) >= 11 is 0. The van der Waals surface area contributed by atoms with Crippen LogP contribution >= 0.6 is 0 Å². The van der Waals surface area contributed by atoms with E-state index in [1.807, 2.05) is 0 Å². The molecule has 0 aliphatic carbocycles. The molecule has 90 valence electrons. The average Bonchev–Trinajstić information content (AvgIpc) is 2.14. The Morgan fingerprint density at radius 3 is 2.27 bits per heavy atom. The number of Topliss-reactive ketones (excluding diaryl/α,β-unsaturated/α-hetero) is 1. The molecule has 0 saturated heterocycles. The molecule has 0 aliphatic heterocycles. The van der Waals surface area contributed by atoms with E-state index in [2.05, 4.69) is 19.2 Å². The van der Waals surface area contributed by atoms with Gasteiger partial charge in [-0.15, -0.1) is 0 Å². The van der Waals surface area contributed by atoms with E-state index in [-0.39, 0.29) is 5.78 Å². The lowest BCUT2D eigenvalue weighted by molar-refractivity contribution is -0.118. The molecule has 0 saturated carbocycles. The van der Waals surface area contributed by atoms with Gasteiger partial charge in [0.2, 0.25) is 0 Å². The second-order valence-electron chi connectivity index (χ2n) is 3.79. The standard InChI is InChI=1S/C11H23NO3/c1-10(2)12-5-7-15-9-8-14-6-4-11(3)13/h10,12H,4-9H2,1-3H3. The summed E-state index contributed by atoms with van der Waals surface area (Å²) in [6, 6.07) is 0.500. The van der Waals surface area contributed by atoms with Gasteiger partial charge in [0.15, 0.2) is 0 Å². The van der Waals surface area contributed by atoms with Crippen LogP contribution in [0.2, 0.25) is 0 Å². The Kier molecular flexibility index (Phi) is 9.78. The van der Waals surface area contributed by atoms with E-state index < -0.39 is 0 Å². The van der Waals surface area contributed by atoms with E-state index >= 15 is 0 Å². The molecule has 1 N–H and O–H groups in total. The van der Waals surface area contributed by atoms with Crippen molar-refractivity contribution in [3.63, 3.8) is 0 Å². The van der Waals surface area contributed by atoms with Crippen molar-refractivity contribution in [2.75, 3.05) is 33.0 Å². The summed E-state index contributed by atoms with van der Waals surface area (Å²) in [5.41, 5.74) is 0. The Morgan fingerprint density at radius 1 is 1.13 bits per heavy atom. The van der Waals surface area contributed by atoms with Crippen LogP contribution in [0.25, 0.3) is 0 Å². The average molecular weight is 217 g/mol. The fourth-order valence-corrected chi connectivity index (χ4v) is 0.958. The van der Waals surface area contributed by atoms with Gasteiger partial charge in [0.05, 0.1) is 26.4 Å². The van der Waals surface area contributed by atoms with Crippen molar-refractivity contribution < 1.29 is 14.3 Å². The maximum Gasteiger partial charge on any atom is 0.132 e. The number of hydrogen-bond donors (Lipinski definition) is 1. The van der Waals surface area contributed by atoms with Crippen LogP contribution in [0.15, 0.2) is 0 Å². The minimum absolute atomic E-state index is 0.164. The molecule has 0 fully saturated rings. The summed E-state index contributed by atoms with van der Waals surface area (Å²) in [6.45, 7) is 9.00. The first-order valence-electron chi connectivity index (χ1n) is 5.51. The number of ether oxygens (including phenoxy) is 2. The number of carbonyl (C=O) groups is 1. The summed E-state index contributed by atoms with van der Waals surface area (Å²) in [6.07, 6.45) is 0.495. The number of hydrogen-bond acceptors (Lipinski definition) is 4. The maximum absolute atomic E-state index is 10.6. The third-order valence-electron chi connectivity index (χ3n) is 1.77. The summed E-state index contributed by atoms with van der Waals surface area (Å²) in [7, 11) is 0. The van der Waals surface area contributed by atoms with E-state index in [1.54, 1.807) is 6.92 Å². The van der Waals surface area contributed by atoms with Crippen LogP contribution in [0.1, 0.15) is 27.2 Å². The second kappa shape index (κ2) is 10.1. The first-order valence-corrected chi connectivity index (χ1v) is 5.51. The number of carbonyl (C=O) groups excluding carboxylic acids is 1. The smallest absolute Gasteiger partial charge is 0.132 e. The zero-order chi connectivity index (χ0) is 11.5. The highest BCUT2D eigenvalue weighted by atomic mass is 16.5. The molecule has 0 bridgehead atoms. The molecule has 0 atom stereocenters. The predicted molar refractivity (Wildman–Crippen MR) is 60.1 cm³/mol. The van der Waals surface area contributed by atoms with Crippen molar-refractivity contribution >= 4 is 5.78 Å². The summed E-state index contributed by atoms with van der Waals surface area (Å²) in [5.74, 6) is 0.164. The van der Waals surface area contributed by atoms with Gasteiger partial charge in [-0.2, -0.15) is 0 Å². The fourth-order valence-electron chi connectivity index (χ4n) is 0.958. The second-order valence-corrected chi connectivity index (χ2v) is 3.79. The van der Waals surface area contributed by atoms with Crippen molar-refractivity contribution in [2.24, 2.45) is 0 Å². The third kappa shape index (κ3) is 13.6. The molecule has 4 nitrogen and oxygen atoms in total. The van der Waals surface area contributed by atoms with Crippen LogP contribution in [0, 0.1) is 0 Å². The Morgan fingerprint density at radius 2 is 1.73 bits per heavy atom. The van der Waals surface area contributed by atoms with Crippen LogP contribution in [0.4, 0.5) is 0 Å². The van der Waals surface area contributed by atoms with Crippen molar-refractivity contribution in [1.82, 2.24) is 5.32 Å². The highest BCUT2D eigenvalue weighted by Gasteiger charge is 1.94. The van der Waals surface area contributed by atoms with Crippen molar-refractivity contribution in [3.8, 4) is 0 Å². The highest BCUT2D eigenvalue weighted by molar-refractivity contribution is 5.75. The van der Waals surface area contributed by atoms with Gasteiger partial charge in [-0.1, -0.05) is 13.8 Å². The summed E-state index contributed by atoms with van der Waals surface area (Å²) in [5, 5.41) is 3.25. The molecule has 0 aromatic heterocycles. The predicted octanol–water partition coefficient (Wildman–Crippen LogP) is 0.997. The van der Waals surface area contributed by atoms with Gasteiger partial charge in [0.25, 0.3) is 0 Å². The van der Waals surface area contributed by atoms with E-state index in [4.69, 9.17) is 9.47 Å². The molecule has 0 unspecified atom stereocenters. The maximum atomic E-state index is 10.6. The monoisotopic (exact) mass is 217 g/mol. The zero-order valence-electron chi connectivity index (χ0n) is 10.0. The Bertz CT molecular complexity index is 160. The zero-order valence-corrected chi connectivity index (χ0v) is 10.0. The normalized spacial score (nSPS) is 10.9. The van der Waals surface area contributed by atoms with Crippen LogP contribution in [0.3, 0.4) is 0 Å². The van der Waals surface area contributed by atoms with Crippen LogP contribution in [-0.4, -0.2) is 44.8 Å². The first-order chi connectivity index (χ1) is 7.13. The Hall–Kier alpha value is -0.450. The Balaban J connectivity index is 2.96. The van der Waals surface area contributed by atoms with Crippen LogP contribution in [-0.2, 0) is 14.3 Å². The van der Waals surface area contributed by atoms with E-state index in [1.165, 1.54) is 0 Å². The lowest BCUT2D eigenvalue weighted by atomic mass is 10.3. The van der Waals surface area contributed by atoms with Gasteiger partial charge in [-0.05, 0) is 6.92 Å².